The van der Waals surface area contributed by atoms with Crippen LogP contribution in [0.2, 0.25) is 0 Å². The Hall–Kier alpha value is -4.13. The highest BCUT2D eigenvalue weighted by atomic mass is 16.5. The number of anilines is 2. The molecule has 0 radical (unpaired) electrons. The lowest BCUT2D eigenvalue weighted by Crippen LogP contribution is -2.29. The second kappa shape index (κ2) is 10.2. The fraction of sp³-hybridized carbons (Fsp3) is 0.222. The van der Waals surface area contributed by atoms with Gasteiger partial charge in [0.2, 0.25) is 11.8 Å². The molecule has 1 fully saturated rings. The van der Waals surface area contributed by atoms with Crippen molar-refractivity contribution in [1.29, 1.82) is 0 Å². The van der Waals surface area contributed by atoms with Gasteiger partial charge < -0.3 is 20.3 Å². The van der Waals surface area contributed by atoms with Crippen LogP contribution in [0.15, 0.2) is 72.8 Å². The minimum absolute atomic E-state index is 0.111. The van der Waals surface area contributed by atoms with Crippen LogP contribution in [-0.2, 0) is 16.1 Å². The number of ether oxygens (including phenoxy) is 1. The first-order valence-electron chi connectivity index (χ1n) is 11.1. The molecule has 2 N–H and O–H groups in total. The molecule has 0 unspecified atom stereocenters. The Kier molecular flexibility index (Phi) is 6.92. The van der Waals surface area contributed by atoms with Crippen molar-refractivity contribution in [3.8, 4) is 5.75 Å². The summed E-state index contributed by atoms with van der Waals surface area (Å²) in [6.07, 6.45) is 0.111. The van der Waals surface area contributed by atoms with Crippen LogP contribution in [0.4, 0.5) is 11.4 Å². The summed E-state index contributed by atoms with van der Waals surface area (Å²) in [6.45, 7) is 2.67. The van der Waals surface area contributed by atoms with Crippen LogP contribution in [0.1, 0.15) is 27.9 Å². The lowest BCUT2D eigenvalue weighted by molar-refractivity contribution is -0.122. The molecule has 1 atom stereocenters. The zero-order valence-corrected chi connectivity index (χ0v) is 19.2. The van der Waals surface area contributed by atoms with E-state index < -0.39 is 5.92 Å². The van der Waals surface area contributed by atoms with Gasteiger partial charge in [0.1, 0.15) is 5.75 Å². The number of hydrogen-bond donors (Lipinski definition) is 2. The van der Waals surface area contributed by atoms with Crippen molar-refractivity contribution in [3.05, 3.63) is 89.5 Å². The number of hydrogen-bond acceptors (Lipinski definition) is 4. The summed E-state index contributed by atoms with van der Waals surface area (Å²) in [5, 5.41) is 5.75. The Balaban J connectivity index is 1.40. The number of carbonyl (C=O) groups excluding carboxylic acids is 3. The number of nitrogens with zero attached hydrogens (tertiary/aromatic N) is 1. The Labute approximate surface area is 198 Å². The van der Waals surface area contributed by atoms with Gasteiger partial charge in [-0.25, -0.2) is 0 Å². The average molecular weight is 458 g/mol. The first-order valence-corrected chi connectivity index (χ1v) is 11.1. The SMILES string of the molecule is COc1ccc(N2C[C@H](C(=O)Nc3ccccc3C(=O)NCc3ccc(C)cc3)CC2=O)cc1. The maximum absolute atomic E-state index is 13.0. The number of amides is 3. The number of benzene rings is 3. The number of rotatable bonds is 7. The Morgan fingerprint density at radius 1 is 1.00 bits per heavy atom. The quantitative estimate of drug-likeness (QED) is 0.563. The highest BCUT2D eigenvalue weighted by Crippen LogP contribution is 2.28. The predicted octanol–water partition coefficient (Wildman–Crippen LogP) is 3.93. The zero-order valence-electron chi connectivity index (χ0n) is 19.2. The summed E-state index contributed by atoms with van der Waals surface area (Å²) in [5.41, 5.74) is 3.66. The third-order valence-electron chi connectivity index (χ3n) is 5.88. The maximum atomic E-state index is 13.0. The number of methoxy groups -OCH3 is 1. The molecule has 0 saturated carbocycles. The Bertz CT molecular complexity index is 1190. The van der Waals surface area contributed by atoms with Crippen molar-refractivity contribution in [1.82, 2.24) is 5.32 Å². The van der Waals surface area contributed by atoms with E-state index in [1.54, 1.807) is 60.5 Å². The molecule has 3 aromatic rings. The van der Waals surface area contributed by atoms with Gasteiger partial charge in [0.15, 0.2) is 0 Å². The molecule has 1 saturated heterocycles. The van der Waals surface area contributed by atoms with Gasteiger partial charge in [-0.1, -0.05) is 42.0 Å². The largest absolute Gasteiger partial charge is 0.497 e. The van der Waals surface area contributed by atoms with E-state index in [0.717, 1.165) is 16.8 Å². The molecule has 0 aliphatic carbocycles. The first kappa shape index (κ1) is 23.0. The molecule has 7 heteroatoms. The van der Waals surface area contributed by atoms with Crippen LogP contribution in [0.25, 0.3) is 0 Å². The van der Waals surface area contributed by atoms with E-state index in [2.05, 4.69) is 10.6 Å². The second-order valence-corrected chi connectivity index (χ2v) is 8.31. The number of aryl methyl sites for hydroxylation is 1. The van der Waals surface area contributed by atoms with Crippen LogP contribution >= 0.6 is 0 Å². The molecule has 0 spiro atoms. The van der Waals surface area contributed by atoms with Crippen molar-refractivity contribution in [2.75, 3.05) is 23.9 Å². The van der Waals surface area contributed by atoms with Gasteiger partial charge in [0.25, 0.3) is 5.91 Å². The van der Waals surface area contributed by atoms with Crippen LogP contribution in [0, 0.1) is 12.8 Å². The summed E-state index contributed by atoms with van der Waals surface area (Å²) in [5.74, 6) is -0.503. The smallest absolute Gasteiger partial charge is 0.253 e. The molecule has 174 valence electrons. The minimum atomic E-state index is -0.515. The molecule has 4 rings (SSSR count). The highest BCUT2D eigenvalue weighted by Gasteiger charge is 2.35. The fourth-order valence-electron chi connectivity index (χ4n) is 3.90. The summed E-state index contributed by atoms with van der Waals surface area (Å²) >= 11 is 0. The van der Waals surface area contributed by atoms with Gasteiger partial charge in [-0.3, -0.25) is 14.4 Å². The molecule has 34 heavy (non-hydrogen) atoms. The van der Waals surface area contributed by atoms with Crippen LogP contribution < -0.4 is 20.3 Å². The molecule has 1 aliphatic heterocycles. The molecule has 1 aliphatic rings. The maximum Gasteiger partial charge on any atom is 0.253 e. The fourth-order valence-corrected chi connectivity index (χ4v) is 3.90. The van der Waals surface area contributed by atoms with Crippen molar-refractivity contribution in [2.24, 2.45) is 5.92 Å². The molecule has 3 amide bonds. The molecular formula is C27H27N3O4. The van der Waals surface area contributed by atoms with Crippen molar-refractivity contribution < 1.29 is 19.1 Å². The molecule has 1 heterocycles. The first-order chi connectivity index (χ1) is 16.4. The highest BCUT2D eigenvalue weighted by molar-refractivity contribution is 6.07. The van der Waals surface area contributed by atoms with Gasteiger partial charge in [-0.05, 0) is 48.9 Å². The second-order valence-electron chi connectivity index (χ2n) is 8.31. The monoisotopic (exact) mass is 457 g/mol. The summed E-state index contributed by atoms with van der Waals surface area (Å²) in [4.78, 5) is 40.0. The molecular weight excluding hydrogens is 430 g/mol. The van der Waals surface area contributed by atoms with E-state index >= 15 is 0 Å². The van der Waals surface area contributed by atoms with Gasteiger partial charge in [-0.15, -0.1) is 0 Å². The van der Waals surface area contributed by atoms with Crippen LogP contribution in [0.5, 0.6) is 5.75 Å². The lowest BCUT2D eigenvalue weighted by Gasteiger charge is -2.17. The van der Waals surface area contributed by atoms with Gasteiger partial charge in [0, 0.05) is 25.2 Å². The third-order valence-corrected chi connectivity index (χ3v) is 5.88. The van der Waals surface area contributed by atoms with Crippen molar-refractivity contribution >= 4 is 29.1 Å². The van der Waals surface area contributed by atoms with Crippen molar-refractivity contribution in [2.45, 2.75) is 19.9 Å². The number of carbonyl (C=O) groups is 3. The zero-order chi connectivity index (χ0) is 24.1. The van der Waals surface area contributed by atoms with Crippen LogP contribution in [-0.4, -0.2) is 31.4 Å². The van der Waals surface area contributed by atoms with Gasteiger partial charge in [-0.2, -0.15) is 0 Å². The van der Waals surface area contributed by atoms with Crippen molar-refractivity contribution in [3.63, 3.8) is 0 Å². The van der Waals surface area contributed by atoms with E-state index in [9.17, 15) is 14.4 Å². The van der Waals surface area contributed by atoms with E-state index in [4.69, 9.17) is 4.74 Å². The third kappa shape index (κ3) is 5.26. The van der Waals surface area contributed by atoms with Gasteiger partial charge >= 0.3 is 0 Å². The van der Waals surface area contributed by atoms with Crippen LogP contribution in [0.3, 0.4) is 0 Å². The van der Waals surface area contributed by atoms with Gasteiger partial charge in [0.05, 0.1) is 24.3 Å². The number of nitrogens with one attached hydrogen (secondary N) is 2. The standard InChI is InChI=1S/C27H27N3O4/c1-18-7-9-19(10-8-18)16-28-27(33)23-5-3-4-6-24(23)29-26(32)20-15-25(31)30(17-20)21-11-13-22(34-2)14-12-21/h3-14,20H,15-17H2,1-2H3,(H,28,33)(H,29,32)/t20-/m1/s1. The predicted molar refractivity (Wildman–Crippen MR) is 131 cm³/mol. The Morgan fingerprint density at radius 3 is 2.41 bits per heavy atom. The summed E-state index contributed by atoms with van der Waals surface area (Å²) < 4.78 is 5.16. The van der Waals surface area contributed by atoms with E-state index in [0.29, 0.717) is 23.5 Å². The average Bonchev–Trinajstić information content (AvgIpc) is 3.25. The summed E-state index contributed by atoms with van der Waals surface area (Å²) in [6, 6.07) is 21.9. The topological polar surface area (TPSA) is 87.7 Å². The van der Waals surface area contributed by atoms with E-state index in [1.807, 2.05) is 31.2 Å². The summed E-state index contributed by atoms with van der Waals surface area (Å²) in [7, 11) is 1.58. The lowest BCUT2D eigenvalue weighted by atomic mass is 10.1. The molecule has 0 bridgehead atoms. The van der Waals surface area contributed by atoms with E-state index in [1.165, 1.54) is 0 Å². The molecule has 3 aromatic carbocycles. The molecule has 7 nitrogen and oxygen atoms in total. The Morgan fingerprint density at radius 2 is 1.71 bits per heavy atom. The normalized spacial score (nSPS) is 15.2. The minimum Gasteiger partial charge on any atom is -0.497 e. The molecule has 0 aromatic heterocycles. The number of para-hydroxylation sites is 1. The van der Waals surface area contributed by atoms with E-state index in [-0.39, 0.29) is 30.7 Å².